The molecular weight excluding hydrogens is 472 g/mol. The van der Waals surface area contributed by atoms with Gasteiger partial charge < -0.3 is 14.5 Å². The van der Waals surface area contributed by atoms with Crippen LogP contribution in [-0.2, 0) is 0 Å². The molecule has 4 aromatic rings. The smallest absolute Gasteiger partial charge is 0.344 e. The molecule has 0 radical (unpaired) electrons. The van der Waals surface area contributed by atoms with E-state index in [1.54, 1.807) is 60.7 Å². The molecule has 0 unspecified atom stereocenters. The third-order valence-corrected chi connectivity index (χ3v) is 5.37. The number of carbonyl (C=O) groups is 1. The van der Waals surface area contributed by atoms with Gasteiger partial charge in [0.2, 0.25) is 0 Å². The van der Waals surface area contributed by atoms with E-state index in [4.69, 9.17) is 33.0 Å². The molecule has 3 aromatic carbocycles. The van der Waals surface area contributed by atoms with Crippen LogP contribution in [0.15, 0.2) is 82.0 Å². The van der Waals surface area contributed by atoms with Gasteiger partial charge in [-0.25, -0.2) is 4.79 Å². The number of rotatable bonds is 5. The van der Waals surface area contributed by atoms with E-state index in [-0.39, 0.29) is 17.1 Å². The molecule has 172 valence electrons. The molecule has 1 heterocycles. The molecule has 1 aromatic heterocycles. The number of benzene rings is 3. The van der Waals surface area contributed by atoms with Crippen molar-refractivity contribution < 1.29 is 13.9 Å². The Kier molecular flexibility index (Phi) is 6.95. The first-order chi connectivity index (χ1) is 16.3. The molecule has 0 saturated carbocycles. The Morgan fingerprint density at radius 3 is 2.56 bits per heavy atom. The fourth-order valence-electron chi connectivity index (χ4n) is 3.38. The van der Waals surface area contributed by atoms with Gasteiger partial charge in [-0.05, 0) is 68.5 Å². The first-order valence-corrected chi connectivity index (χ1v) is 11.3. The third-order valence-electron chi connectivity index (χ3n) is 4.85. The van der Waals surface area contributed by atoms with Gasteiger partial charge in [-0.2, -0.15) is 0 Å². The highest BCUT2D eigenvalue weighted by Gasteiger charge is 2.13. The van der Waals surface area contributed by atoms with Crippen molar-refractivity contribution in [1.82, 2.24) is 5.32 Å². The summed E-state index contributed by atoms with van der Waals surface area (Å²) in [4.78, 5) is 25.0. The molecule has 0 aliphatic rings. The van der Waals surface area contributed by atoms with E-state index in [0.29, 0.717) is 38.7 Å². The number of ether oxygens (including phenoxy) is 1. The average molecular weight is 493 g/mol. The van der Waals surface area contributed by atoms with Crippen molar-refractivity contribution in [3.8, 4) is 16.9 Å². The van der Waals surface area contributed by atoms with Gasteiger partial charge in [0.15, 0.2) is 5.11 Å². The van der Waals surface area contributed by atoms with Crippen molar-refractivity contribution in [3.05, 3.63) is 93.8 Å². The Bertz CT molecular complexity index is 1450. The average Bonchev–Trinajstić information content (AvgIpc) is 2.78. The van der Waals surface area contributed by atoms with Crippen molar-refractivity contribution >= 4 is 51.5 Å². The zero-order chi connectivity index (χ0) is 24.2. The SMILES string of the molecule is CC(C)Oc1cccc(C(=O)NC(=S)Nc2ccc(-c3cc4ccccc4oc3=O)c(Cl)c2)c1. The molecule has 1 amide bonds. The largest absolute Gasteiger partial charge is 0.491 e. The van der Waals surface area contributed by atoms with E-state index in [0.717, 1.165) is 5.39 Å². The summed E-state index contributed by atoms with van der Waals surface area (Å²) in [6.07, 6.45) is -0.00486. The number of halogens is 1. The minimum Gasteiger partial charge on any atom is -0.491 e. The molecule has 34 heavy (non-hydrogen) atoms. The van der Waals surface area contributed by atoms with E-state index in [1.807, 2.05) is 26.0 Å². The van der Waals surface area contributed by atoms with Crippen LogP contribution < -0.4 is 21.0 Å². The van der Waals surface area contributed by atoms with Gasteiger partial charge >= 0.3 is 5.63 Å². The second kappa shape index (κ2) is 10.1. The number of hydrogen-bond donors (Lipinski definition) is 2. The van der Waals surface area contributed by atoms with Crippen LogP contribution in [0.5, 0.6) is 5.75 Å². The van der Waals surface area contributed by atoms with Gasteiger partial charge in [-0.3, -0.25) is 10.1 Å². The summed E-state index contributed by atoms with van der Waals surface area (Å²) in [5, 5.41) is 6.81. The van der Waals surface area contributed by atoms with Crippen LogP contribution in [0.4, 0.5) is 5.69 Å². The predicted molar refractivity (Wildman–Crippen MR) is 139 cm³/mol. The van der Waals surface area contributed by atoms with Gasteiger partial charge in [0, 0.05) is 22.2 Å². The number of thiocarbonyl (C=S) groups is 1. The predicted octanol–water partition coefficient (Wildman–Crippen LogP) is 6.03. The third kappa shape index (κ3) is 5.44. The standard InChI is InChI=1S/C26H21ClN2O4S/c1-15(2)32-19-8-5-7-17(12-19)24(30)29-26(34)28-18-10-11-20(22(27)14-18)21-13-16-6-3-4-9-23(16)33-25(21)31/h3-15H,1-2H3,(H2,28,29,30,34). The van der Waals surface area contributed by atoms with Crippen molar-refractivity contribution in [2.24, 2.45) is 0 Å². The Balaban J connectivity index is 1.48. The Morgan fingerprint density at radius 1 is 1.00 bits per heavy atom. The van der Waals surface area contributed by atoms with Gasteiger partial charge in [-0.1, -0.05) is 41.9 Å². The molecule has 6 nitrogen and oxygen atoms in total. The number of anilines is 1. The van der Waals surface area contributed by atoms with E-state index in [1.165, 1.54) is 0 Å². The van der Waals surface area contributed by atoms with Crippen molar-refractivity contribution in [3.63, 3.8) is 0 Å². The summed E-state index contributed by atoms with van der Waals surface area (Å²) < 4.78 is 11.0. The molecular formula is C26H21ClN2O4S. The molecule has 0 aliphatic carbocycles. The van der Waals surface area contributed by atoms with Crippen LogP contribution in [0.3, 0.4) is 0 Å². The van der Waals surface area contributed by atoms with Crippen LogP contribution >= 0.6 is 23.8 Å². The summed E-state index contributed by atoms with van der Waals surface area (Å²) in [6.45, 7) is 3.82. The summed E-state index contributed by atoms with van der Waals surface area (Å²) in [5.41, 5.74) is 1.89. The van der Waals surface area contributed by atoms with Crippen molar-refractivity contribution in [1.29, 1.82) is 0 Å². The molecule has 8 heteroatoms. The lowest BCUT2D eigenvalue weighted by atomic mass is 10.1. The lowest BCUT2D eigenvalue weighted by Crippen LogP contribution is -2.34. The molecule has 0 bridgehead atoms. The second-order valence-corrected chi connectivity index (χ2v) is 8.60. The number of para-hydroxylation sites is 1. The maximum absolute atomic E-state index is 12.6. The van der Waals surface area contributed by atoms with E-state index >= 15 is 0 Å². The van der Waals surface area contributed by atoms with Crippen LogP contribution in [0.25, 0.3) is 22.1 Å². The van der Waals surface area contributed by atoms with E-state index in [2.05, 4.69) is 10.6 Å². The number of fused-ring (bicyclic) bond motifs is 1. The first-order valence-electron chi connectivity index (χ1n) is 10.5. The lowest BCUT2D eigenvalue weighted by Gasteiger charge is -2.13. The van der Waals surface area contributed by atoms with Crippen molar-refractivity contribution in [2.75, 3.05) is 5.32 Å². The highest BCUT2D eigenvalue weighted by molar-refractivity contribution is 7.80. The molecule has 0 saturated heterocycles. The first kappa shape index (κ1) is 23.5. The second-order valence-electron chi connectivity index (χ2n) is 7.78. The number of amides is 1. The minimum atomic E-state index is -0.479. The zero-order valence-corrected chi connectivity index (χ0v) is 20.0. The Hall–Kier alpha value is -3.68. The topological polar surface area (TPSA) is 80.6 Å². The molecule has 4 rings (SSSR count). The Labute approximate surface area is 206 Å². The zero-order valence-electron chi connectivity index (χ0n) is 18.4. The molecule has 0 fully saturated rings. The monoisotopic (exact) mass is 492 g/mol. The molecule has 0 aliphatic heterocycles. The maximum atomic E-state index is 12.6. The summed E-state index contributed by atoms with van der Waals surface area (Å²) in [6, 6.07) is 20.9. The van der Waals surface area contributed by atoms with E-state index < -0.39 is 5.63 Å². The number of carbonyl (C=O) groups excluding carboxylic acids is 1. The summed E-state index contributed by atoms with van der Waals surface area (Å²) >= 11 is 11.7. The summed E-state index contributed by atoms with van der Waals surface area (Å²) in [7, 11) is 0. The van der Waals surface area contributed by atoms with Crippen LogP contribution in [0.2, 0.25) is 5.02 Å². The van der Waals surface area contributed by atoms with Gasteiger partial charge in [0.05, 0.1) is 16.7 Å². The minimum absolute atomic E-state index is 0.00486. The Morgan fingerprint density at radius 2 is 1.79 bits per heavy atom. The van der Waals surface area contributed by atoms with Crippen LogP contribution in [0, 0.1) is 0 Å². The molecule has 0 atom stereocenters. The van der Waals surface area contributed by atoms with Crippen LogP contribution in [0.1, 0.15) is 24.2 Å². The lowest BCUT2D eigenvalue weighted by molar-refractivity contribution is 0.0977. The number of hydrogen-bond acceptors (Lipinski definition) is 5. The highest BCUT2D eigenvalue weighted by atomic mass is 35.5. The highest BCUT2D eigenvalue weighted by Crippen LogP contribution is 2.30. The van der Waals surface area contributed by atoms with Crippen LogP contribution in [-0.4, -0.2) is 17.1 Å². The van der Waals surface area contributed by atoms with Gasteiger partial charge in [0.1, 0.15) is 11.3 Å². The quantitative estimate of drug-likeness (QED) is 0.261. The molecule has 2 N–H and O–H groups in total. The van der Waals surface area contributed by atoms with E-state index in [9.17, 15) is 9.59 Å². The van der Waals surface area contributed by atoms with Crippen molar-refractivity contribution in [2.45, 2.75) is 20.0 Å². The fraction of sp³-hybridized carbons (Fsp3) is 0.115. The van der Waals surface area contributed by atoms with Gasteiger partial charge in [0.25, 0.3) is 5.91 Å². The molecule has 0 spiro atoms. The maximum Gasteiger partial charge on any atom is 0.344 e. The fourth-order valence-corrected chi connectivity index (χ4v) is 3.87. The normalized spacial score (nSPS) is 10.8. The summed E-state index contributed by atoms with van der Waals surface area (Å²) in [5.74, 6) is 0.227. The number of nitrogens with one attached hydrogen (secondary N) is 2. The van der Waals surface area contributed by atoms with Gasteiger partial charge in [-0.15, -0.1) is 0 Å².